The number of hydrogen-bond acceptors (Lipinski definition) is 2. The van der Waals surface area contributed by atoms with E-state index < -0.39 is 12.1 Å². The summed E-state index contributed by atoms with van der Waals surface area (Å²) in [6.45, 7) is 3.45. The van der Waals surface area contributed by atoms with Gasteiger partial charge in [0.15, 0.2) is 0 Å². The summed E-state index contributed by atoms with van der Waals surface area (Å²) in [4.78, 5) is 11.3. The van der Waals surface area contributed by atoms with Crippen LogP contribution in [-0.2, 0) is 7.05 Å². The number of aliphatic hydroxyl groups is 1. The summed E-state index contributed by atoms with van der Waals surface area (Å²) in [7, 11) is 1.79. The van der Waals surface area contributed by atoms with Gasteiger partial charge in [-0.15, -0.1) is 0 Å². The van der Waals surface area contributed by atoms with Gasteiger partial charge in [0.2, 0.25) is 0 Å². The molecule has 90 valence electrons. The summed E-state index contributed by atoms with van der Waals surface area (Å²) in [5.41, 5.74) is 2.44. The third-order valence-corrected chi connectivity index (χ3v) is 3.05. The molecule has 0 bridgehead atoms. The second-order valence-corrected chi connectivity index (χ2v) is 4.33. The predicted octanol–water partition coefficient (Wildman–Crippen LogP) is 2.24. The highest BCUT2D eigenvalue weighted by atomic mass is 16.4. The highest BCUT2D eigenvalue weighted by Crippen LogP contribution is 2.30. The van der Waals surface area contributed by atoms with E-state index in [0.717, 1.165) is 16.5 Å². The Labute approximate surface area is 99.1 Å². The molecule has 0 saturated heterocycles. The summed E-state index contributed by atoms with van der Waals surface area (Å²) in [6.07, 6.45) is 1.17. The smallest absolute Gasteiger partial charge is 0.338 e. The van der Waals surface area contributed by atoms with Gasteiger partial charge in [-0.2, -0.15) is 0 Å². The highest BCUT2D eigenvalue weighted by Gasteiger charge is 2.18. The van der Waals surface area contributed by atoms with Crippen molar-refractivity contribution in [2.75, 3.05) is 0 Å². The van der Waals surface area contributed by atoms with E-state index in [0.29, 0.717) is 11.1 Å². The monoisotopic (exact) mass is 233 g/mol. The maximum atomic E-state index is 11.3. The molecule has 0 aliphatic heterocycles. The first-order valence-electron chi connectivity index (χ1n) is 5.43. The van der Waals surface area contributed by atoms with Crippen molar-refractivity contribution in [3.63, 3.8) is 0 Å². The zero-order valence-electron chi connectivity index (χ0n) is 10.1. The molecule has 2 rings (SSSR count). The SMILES string of the molecule is Cc1ccc2c(C(C)O)cn(C)c2c1C(=O)O. The molecule has 0 radical (unpaired) electrons. The number of aliphatic hydroxyl groups excluding tert-OH is 1. The molecule has 0 aliphatic carbocycles. The van der Waals surface area contributed by atoms with Gasteiger partial charge in [-0.1, -0.05) is 12.1 Å². The molecule has 0 fully saturated rings. The fourth-order valence-electron chi connectivity index (χ4n) is 2.24. The Hall–Kier alpha value is -1.81. The Balaban J connectivity index is 2.91. The van der Waals surface area contributed by atoms with Crippen molar-refractivity contribution in [2.45, 2.75) is 20.0 Å². The van der Waals surface area contributed by atoms with E-state index in [4.69, 9.17) is 0 Å². The van der Waals surface area contributed by atoms with Crippen LogP contribution >= 0.6 is 0 Å². The number of benzene rings is 1. The highest BCUT2D eigenvalue weighted by molar-refractivity contribution is 6.04. The van der Waals surface area contributed by atoms with Crippen molar-refractivity contribution < 1.29 is 15.0 Å². The van der Waals surface area contributed by atoms with Crippen molar-refractivity contribution in [3.05, 3.63) is 35.0 Å². The maximum Gasteiger partial charge on any atom is 0.338 e. The van der Waals surface area contributed by atoms with Gasteiger partial charge < -0.3 is 14.8 Å². The molecular formula is C13H15NO3. The van der Waals surface area contributed by atoms with Crippen molar-refractivity contribution in [3.8, 4) is 0 Å². The summed E-state index contributed by atoms with van der Waals surface area (Å²) in [5.74, 6) is -0.938. The molecule has 1 heterocycles. The lowest BCUT2D eigenvalue weighted by Crippen LogP contribution is -2.03. The average Bonchev–Trinajstić information content (AvgIpc) is 2.56. The Bertz CT molecular complexity index is 596. The Morgan fingerprint density at radius 2 is 2.06 bits per heavy atom. The predicted molar refractivity (Wildman–Crippen MR) is 65.2 cm³/mol. The third kappa shape index (κ3) is 1.70. The summed E-state index contributed by atoms with van der Waals surface area (Å²) >= 11 is 0. The molecule has 0 amide bonds. The fraction of sp³-hybridized carbons (Fsp3) is 0.308. The van der Waals surface area contributed by atoms with E-state index in [1.165, 1.54) is 0 Å². The lowest BCUT2D eigenvalue weighted by molar-refractivity contribution is 0.0698. The average molecular weight is 233 g/mol. The number of nitrogens with zero attached hydrogens (tertiary/aromatic N) is 1. The first-order chi connectivity index (χ1) is 7.93. The largest absolute Gasteiger partial charge is 0.478 e. The molecule has 2 aromatic rings. The van der Waals surface area contributed by atoms with Gasteiger partial charge in [0.1, 0.15) is 0 Å². The Kier molecular flexibility index (Phi) is 2.67. The standard InChI is InChI=1S/C13H15NO3/c1-7-4-5-9-10(8(2)15)6-14(3)12(9)11(7)13(16)17/h4-6,8,15H,1-3H3,(H,16,17). The maximum absolute atomic E-state index is 11.3. The molecule has 0 spiro atoms. The van der Waals surface area contributed by atoms with Crippen LogP contribution in [0.15, 0.2) is 18.3 Å². The number of rotatable bonds is 2. The van der Waals surface area contributed by atoms with Crippen LogP contribution in [0.25, 0.3) is 10.9 Å². The van der Waals surface area contributed by atoms with Crippen molar-refractivity contribution in [1.82, 2.24) is 4.57 Å². The van der Waals surface area contributed by atoms with Crippen LogP contribution < -0.4 is 0 Å². The molecule has 2 N–H and O–H groups in total. The van der Waals surface area contributed by atoms with E-state index in [1.54, 1.807) is 37.7 Å². The topological polar surface area (TPSA) is 62.5 Å². The minimum Gasteiger partial charge on any atom is -0.478 e. The minimum atomic E-state index is -0.938. The van der Waals surface area contributed by atoms with Gasteiger partial charge in [0, 0.05) is 24.2 Å². The first-order valence-corrected chi connectivity index (χ1v) is 5.43. The number of hydrogen-bond donors (Lipinski definition) is 2. The molecule has 4 heteroatoms. The third-order valence-electron chi connectivity index (χ3n) is 3.05. The molecule has 1 unspecified atom stereocenters. The Morgan fingerprint density at radius 3 is 2.59 bits per heavy atom. The lowest BCUT2D eigenvalue weighted by Gasteiger charge is -2.06. The van der Waals surface area contributed by atoms with Crippen LogP contribution in [0.2, 0.25) is 0 Å². The quantitative estimate of drug-likeness (QED) is 0.836. The summed E-state index contributed by atoms with van der Waals surface area (Å²) in [5, 5.41) is 19.7. The van der Waals surface area contributed by atoms with Crippen molar-refractivity contribution >= 4 is 16.9 Å². The zero-order valence-corrected chi connectivity index (χ0v) is 10.1. The molecule has 1 aromatic heterocycles. The van der Waals surface area contributed by atoms with Gasteiger partial charge in [0.25, 0.3) is 0 Å². The number of carbonyl (C=O) groups is 1. The molecule has 1 atom stereocenters. The van der Waals surface area contributed by atoms with Crippen molar-refractivity contribution in [2.24, 2.45) is 7.05 Å². The van der Waals surface area contributed by atoms with Gasteiger partial charge >= 0.3 is 5.97 Å². The number of aromatic nitrogens is 1. The number of fused-ring (bicyclic) bond motifs is 1. The lowest BCUT2D eigenvalue weighted by atomic mass is 10.0. The number of aryl methyl sites for hydroxylation is 2. The van der Waals surface area contributed by atoms with Crippen LogP contribution in [0.4, 0.5) is 0 Å². The molecule has 17 heavy (non-hydrogen) atoms. The number of carboxylic acids is 1. The number of aromatic carboxylic acids is 1. The molecule has 1 aromatic carbocycles. The van der Waals surface area contributed by atoms with Crippen molar-refractivity contribution in [1.29, 1.82) is 0 Å². The fourth-order valence-corrected chi connectivity index (χ4v) is 2.24. The van der Waals surface area contributed by atoms with Crippen LogP contribution in [0.5, 0.6) is 0 Å². The van der Waals surface area contributed by atoms with E-state index in [2.05, 4.69) is 0 Å². The summed E-state index contributed by atoms with van der Waals surface area (Å²) < 4.78 is 1.76. The van der Waals surface area contributed by atoms with E-state index in [-0.39, 0.29) is 0 Å². The Morgan fingerprint density at radius 1 is 1.41 bits per heavy atom. The second kappa shape index (κ2) is 3.89. The van der Waals surface area contributed by atoms with E-state index >= 15 is 0 Å². The molecule has 4 nitrogen and oxygen atoms in total. The molecule has 0 aliphatic rings. The summed E-state index contributed by atoms with van der Waals surface area (Å²) in [6, 6.07) is 3.64. The van der Waals surface area contributed by atoms with E-state index in [1.807, 2.05) is 6.07 Å². The van der Waals surface area contributed by atoms with E-state index in [9.17, 15) is 15.0 Å². The normalized spacial score (nSPS) is 12.9. The van der Waals surface area contributed by atoms with Gasteiger partial charge in [-0.25, -0.2) is 4.79 Å². The van der Waals surface area contributed by atoms with Crippen LogP contribution in [-0.4, -0.2) is 20.7 Å². The van der Waals surface area contributed by atoms with Crippen LogP contribution in [0, 0.1) is 6.92 Å². The van der Waals surface area contributed by atoms with Crippen LogP contribution in [0.1, 0.15) is 34.5 Å². The van der Waals surface area contributed by atoms with Crippen LogP contribution in [0.3, 0.4) is 0 Å². The zero-order chi connectivity index (χ0) is 12.7. The number of carboxylic acid groups (broad SMARTS) is 1. The minimum absolute atomic E-state index is 0.303. The first kappa shape index (κ1) is 11.7. The molecule has 0 saturated carbocycles. The molecular weight excluding hydrogens is 218 g/mol. The van der Waals surface area contributed by atoms with Gasteiger partial charge in [0.05, 0.1) is 17.2 Å². The second-order valence-electron chi connectivity index (χ2n) is 4.33. The van der Waals surface area contributed by atoms with Gasteiger partial charge in [-0.05, 0) is 19.4 Å². The van der Waals surface area contributed by atoms with Gasteiger partial charge in [-0.3, -0.25) is 0 Å².